The highest BCUT2D eigenvalue weighted by atomic mass is 32.2. The number of carbonyl (C=O) groups excluding carboxylic acids is 1. The minimum atomic E-state index is -4.01. The zero-order chi connectivity index (χ0) is 30.6. The standard InChI is InChI=1S/C32H37N3O6S/c1-20(2)29(32(37)38)34-42(39,40)26-17-13-23(14-18-26)22-11-15-25(16-12-22)33-31(36)30-21(3)28-24(9-7-19-35(4)5)8-6-10-27(28)41-30/h6,8,10-18,20,29,34H,7,9,19H2,1-5H3,(H,33,36)(H,37,38). The normalized spacial score (nSPS) is 12.6. The summed E-state index contributed by atoms with van der Waals surface area (Å²) in [4.78, 5) is 26.7. The zero-order valence-corrected chi connectivity index (χ0v) is 25.3. The number of carbonyl (C=O) groups is 2. The molecule has 0 fully saturated rings. The lowest BCUT2D eigenvalue weighted by atomic mass is 10.0. The third kappa shape index (κ3) is 7.07. The summed E-state index contributed by atoms with van der Waals surface area (Å²) in [5.41, 5.74) is 4.84. The number of nitrogens with one attached hydrogen (secondary N) is 2. The summed E-state index contributed by atoms with van der Waals surface area (Å²) >= 11 is 0. The Morgan fingerprint density at radius 1 is 0.952 bits per heavy atom. The van der Waals surface area contributed by atoms with Crippen LogP contribution >= 0.6 is 0 Å². The number of sulfonamides is 1. The van der Waals surface area contributed by atoms with Crippen molar-refractivity contribution in [2.75, 3.05) is 26.0 Å². The predicted molar refractivity (Wildman–Crippen MR) is 164 cm³/mol. The Morgan fingerprint density at radius 3 is 2.14 bits per heavy atom. The van der Waals surface area contributed by atoms with Gasteiger partial charge in [0.15, 0.2) is 5.76 Å². The van der Waals surface area contributed by atoms with E-state index < -0.39 is 28.0 Å². The van der Waals surface area contributed by atoms with E-state index >= 15 is 0 Å². The SMILES string of the molecule is Cc1c(C(=O)Nc2ccc(-c3ccc(S(=O)(=O)NC(C(=O)O)C(C)C)cc3)cc2)oc2cccc(CCCN(C)C)c12. The molecule has 1 aromatic heterocycles. The number of aryl methyl sites for hydroxylation is 2. The molecule has 4 rings (SSSR count). The van der Waals surface area contributed by atoms with E-state index in [1.807, 2.05) is 45.3 Å². The van der Waals surface area contributed by atoms with E-state index in [2.05, 4.69) is 21.0 Å². The van der Waals surface area contributed by atoms with E-state index in [1.54, 1.807) is 38.1 Å². The molecule has 0 radical (unpaired) electrons. The number of amides is 1. The van der Waals surface area contributed by atoms with E-state index in [1.165, 1.54) is 12.1 Å². The van der Waals surface area contributed by atoms with Crippen molar-refractivity contribution in [2.24, 2.45) is 5.92 Å². The van der Waals surface area contributed by atoms with Crippen molar-refractivity contribution < 1.29 is 27.5 Å². The summed E-state index contributed by atoms with van der Waals surface area (Å²) in [5, 5.41) is 13.2. The smallest absolute Gasteiger partial charge is 0.322 e. The highest BCUT2D eigenvalue weighted by Crippen LogP contribution is 2.30. The maximum atomic E-state index is 13.2. The van der Waals surface area contributed by atoms with Crippen LogP contribution in [0, 0.1) is 12.8 Å². The Kier molecular flexibility index (Phi) is 9.50. The van der Waals surface area contributed by atoms with Crippen LogP contribution in [0.3, 0.4) is 0 Å². The molecule has 10 heteroatoms. The molecule has 0 spiro atoms. The molecule has 4 aromatic rings. The summed E-state index contributed by atoms with van der Waals surface area (Å²) in [6.45, 7) is 6.16. The summed E-state index contributed by atoms with van der Waals surface area (Å²) in [7, 11) is 0.0899. The Balaban J connectivity index is 1.46. The number of benzene rings is 3. The number of fused-ring (bicyclic) bond motifs is 1. The molecule has 222 valence electrons. The number of hydrogen-bond donors (Lipinski definition) is 3. The Bertz CT molecular complexity index is 1670. The van der Waals surface area contributed by atoms with Gasteiger partial charge in [-0.05, 0) is 93.3 Å². The van der Waals surface area contributed by atoms with Crippen LogP contribution in [-0.2, 0) is 21.2 Å². The van der Waals surface area contributed by atoms with Crippen molar-refractivity contribution in [3.05, 3.63) is 83.6 Å². The third-order valence-corrected chi connectivity index (χ3v) is 8.61. The maximum Gasteiger partial charge on any atom is 0.322 e. The van der Waals surface area contributed by atoms with Gasteiger partial charge in [-0.2, -0.15) is 4.72 Å². The van der Waals surface area contributed by atoms with Gasteiger partial charge in [0, 0.05) is 16.6 Å². The fourth-order valence-corrected chi connectivity index (χ4v) is 6.20. The lowest BCUT2D eigenvalue weighted by Gasteiger charge is -2.18. The molecule has 42 heavy (non-hydrogen) atoms. The molecule has 3 aromatic carbocycles. The first kappa shape index (κ1) is 31.0. The number of furan rings is 1. The number of rotatable bonds is 12. The third-order valence-electron chi connectivity index (χ3n) is 7.15. The molecule has 1 heterocycles. The molecule has 1 unspecified atom stereocenters. The molecular formula is C32H37N3O6S. The predicted octanol–water partition coefficient (Wildman–Crippen LogP) is 5.54. The van der Waals surface area contributed by atoms with Crippen LogP contribution in [0.15, 0.2) is 76.0 Å². The molecular weight excluding hydrogens is 554 g/mol. The number of carboxylic acids is 1. The van der Waals surface area contributed by atoms with Gasteiger partial charge in [0.1, 0.15) is 11.6 Å². The fourth-order valence-electron chi connectivity index (χ4n) is 4.87. The average molecular weight is 592 g/mol. The molecule has 1 amide bonds. The molecule has 0 saturated heterocycles. The van der Waals surface area contributed by atoms with Gasteiger partial charge in [-0.3, -0.25) is 9.59 Å². The first-order valence-electron chi connectivity index (χ1n) is 13.8. The summed E-state index contributed by atoms with van der Waals surface area (Å²) < 4.78 is 33.7. The van der Waals surface area contributed by atoms with Crippen molar-refractivity contribution in [1.82, 2.24) is 9.62 Å². The maximum absolute atomic E-state index is 13.2. The van der Waals surface area contributed by atoms with E-state index in [-0.39, 0.29) is 16.6 Å². The van der Waals surface area contributed by atoms with Crippen LogP contribution in [-0.4, -0.2) is 57.0 Å². The monoisotopic (exact) mass is 591 g/mol. The molecule has 3 N–H and O–H groups in total. The van der Waals surface area contributed by atoms with E-state index in [0.717, 1.165) is 47.0 Å². The first-order chi connectivity index (χ1) is 19.9. The summed E-state index contributed by atoms with van der Waals surface area (Å²) in [6.07, 6.45) is 1.89. The Morgan fingerprint density at radius 2 is 1.57 bits per heavy atom. The van der Waals surface area contributed by atoms with Crippen molar-refractivity contribution in [3.8, 4) is 11.1 Å². The summed E-state index contributed by atoms with van der Waals surface area (Å²) in [5.74, 6) is -1.70. The van der Waals surface area contributed by atoms with Crippen LogP contribution in [0.5, 0.6) is 0 Å². The molecule has 0 saturated carbocycles. The molecule has 0 bridgehead atoms. The molecule has 1 atom stereocenters. The minimum absolute atomic E-state index is 0.0240. The highest BCUT2D eigenvalue weighted by Gasteiger charge is 2.28. The van der Waals surface area contributed by atoms with Crippen LogP contribution in [0.2, 0.25) is 0 Å². The second-order valence-corrected chi connectivity index (χ2v) is 12.7. The van der Waals surface area contributed by atoms with Crippen molar-refractivity contribution in [2.45, 2.75) is 44.6 Å². The number of carboxylic acid groups (broad SMARTS) is 1. The van der Waals surface area contributed by atoms with Crippen LogP contribution in [0.4, 0.5) is 5.69 Å². The van der Waals surface area contributed by atoms with Crippen LogP contribution in [0.1, 0.15) is 41.9 Å². The molecule has 0 aliphatic heterocycles. The second kappa shape index (κ2) is 12.9. The fraction of sp³-hybridized carbons (Fsp3) is 0.312. The first-order valence-corrected chi connectivity index (χ1v) is 15.3. The Labute approximate surface area is 246 Å². The van der Waals surface area contributed by atoms with Gasteiger partial charge in [-0.15, -0.1) is 0 Å². The van der Waals surface area contributed by atoms with E-state index in [9.17, 15) is 23.1 Å². The number of aliphatic carboxylic acids is 1. The number of hydrogen-bond acceptors (Lipinski definition) is 6. The quantitative estimate of drug-likeness (QED) is 0.197. The van der Waals surface area contributed by atoms with Gasteiger partial charge in [0.05, 0.1) is 4.90 Å². The molecule has 0 aliphatic rings. The van der Waals surface area contributed by atoms with Crippen molar-refractivity contribution >= 4 is 38.6 Å². The van der Waals surface area contributed by atoms with E-state index in [4.69, 9.17) is 4.42 Å². The van der Waals surface area contributed by atoms with E-state index in [0.29, 0.717) is 11.3 Å². The Hall–Kier alpha value is -3.99. The summed E-state index contributed by atoms with van der Waals surface area (Å²) in [6, 6.07) is 18.1. The number of nitrogens with zero attached hydrogens (tertiary/aromatic N) is 1. The lowest BCUT2D eigenvalue weighted by molar-refractivity contribution is -0.140. The van der Waals surface area contributed by atoms with Crippen molar-refractivity contribution in [3.63, 3.8) is 0 Å². The zero-order valence-electron chi connectivity index (χ0n) is 24.5. The van der Waals surface area contributed by atoms with Crippen LogP contribution < -0.4 is 10.0 Å². The lowest BCUT2D eigenvalue weighted by Crippen LogP contribution is -2.44. The topological polar surface area (TPSA) is 129 Å². The van der Waals surface area contributed by atoms with Gasteiger partial charge in [-0.1, -0.05) is 50.2 Å². The highest BCUT2D eigenvalue weighted by molar-refractivity contribution is 7.89. The van der Waals surface area contributed by atoms with Crippen LogP contribution in [0.25, 0.3) is 22.1 Å². The molecule has 9 nitrogen and oxygen atoms in total. The van der Waals surface area contributed by atoms with Gasteiger partial charge in [0.2, 0.25) is 10.0 Å². The number of anilines is 1. The van der Waals surface area contributed by atoms with Gasteiger partial charge < -0.3 is 19.7 Å². The average Bonchev–Trinajstić information content (AvgIpc) is 3.29. The van der Waals surface area contributed by atoms with Crippen molar-refractivity contribution in [1.29, 1.82) is 0 Å². The van der Waals surface area contributed by atoms with Gasteiger partial charge in [0.25, 0.3) is 5.91 Å². The largest absolute Gasteiger partial charge is 0.480 e. The minimum Gasteiger partial charge on any atom is -0.480 e. The molecule has 0 aliphatic carbocycles. The van der Waals surface area contributed by atoms with Gasteiger partial charge >= 0.3 is 5.97 Å². The second-order valence-electron chi connectivity index (χ2n) is 11.0. The van der Waals surface area contributed by atoms with Gasteiger partial charge in [-0.25, -0.2) is 8.42 Å².